The monoisotopic (exact) mass is 449 g/mol. The first-order chi connectivity index (χ1) is 14.9. The summed E-state index contributed by atoms with van der Waals surface area (Å²) in [6.45, 7) is 9.44. The Labute approximate surface area is 191 Å². The molecule has 6 heteroatoms. The molecule has 1 aromatic carbocycles. The molecule has 0 spiro atoms. The van der Waals surface area contributed by atoms with Gasteiger partial charge in [-0.05, 0) is 37.5 Å². The average molecular weight is 450 g/mol. The molecule has 3 aromatic heterocycles. The standard InChI is InChI=1S/C25H27N3OS2/c1-15(2)10-11-30-24-22-21(26-14-27-24)19-17-12-25(3,4)29-13-18(17)20(28-23(19)31-22)16-8-6-5-7-9-16/h5-9,14-15H,10-13H2,1-4H3. The largest absolute Gasteiger partial charge is 0.370 e. The van der Waals surface area contributed by atoms with E-state index in [-0.39, 0.29) is 5.60 Å². The van der Waals surface area contributed by atoms with Crippen LogP contribution in [-0.2, 0) is 17.8 Å². The predicted molar refractivity (Wildman–Crippen MR) is 131 cm³/mol. The zero-order valence-electron chi connectivity index (χ0n) is 18.4. The molecule has 0 bridgehead atoms. The number of thiophene rings is 1. The maximum atomic E-state index is 6.22. The number of fused-ring (bicyclic) bond motifs is 5. The van der Waals surface area contributed by atoms with Gasteiger partial charge in [0.05, 0.1) is 28.1 Å². The number of nitrogens with zero attached hydrogens (tertiary/aromatic N) is 3. The van der Waals surface area contributed by atoms with Crippen LogP contribution >= 0.6 is 23.1 Å². The van der Waals surface area contributed by atoms with Crippen LogP contribution in [0.5, 0.6) is 0 Å². The van der Waals surface area contributed by atoms with E-state index < -0.39 is 0 Å². The number of hydrogen-bond donors (Lipinski definition) is 0. The molecule has 0 amide bonds. The van der Waals surface area contributed by atoms with Crippen molar-refractivity contribution in [2.75, 3.05) is 5.75 Å². The second kappa shape index (κ2) is 8.15. The first-order valence-electron chi connectivity index (χ1n) is 10.8. The zero-order valence-corrected chi connectivity index (χ0v) is 20.1. The molecular weight excluding hydrogens is 422 g/mol. The highest BCUT2D eigenvalue weighted by atomic mass is 32.2. The SMILES string of the molecule is CC(C)CCSc1ncnc2c1sc1nc(-c3ccccc3)c3c(c12)CC(C)(C)OC3. The number of pyridine rings is 1. The Balaban J connectivity index is 1.73. The molecule has 4 heterocycles. The van der Waals surface area contributed by atoms with Gasteiger partial charge in [-0.1, -0.05) is 44.2 Å². The minimum atomic E-state index is -0.203. The van der Waals surface area contributed by atoms with Gasteiger partial charge in [-0.15, -0.1) is 23.1 Å². The third-order valence-electron chi connectivity index (χ3n) is 5.78. The van der Waals surface area contributed by atoms with E-state index >= 15 is 0 Å². The molecule has 5 rings (SSSR count). The first-order valence-corrected chi connectivity index (χ1v) is 12.6. The second-order valence-corrected chi connectivity index (χ2v) is 11.3. The number of ether oxygens (including phenoxy) is 1. The van der Waals surface area contributed by atoms with Crippen molar-refractivity contribution in [3.63, 3.8) is 0 Å². The molecule has 4 aromatic rings. The number of aromatic nitrogens is 3. The lowest BCUT2D eigenvalue weighted by atomic mass is 9.88. The van der Waals surface area contributed by atoms with Crippen LogP contribution in [-0.4, -0.2) is 26.3 Å². The van der Waals surface area contributed by atoms with Crippen LogP contribution in [0.25, 0.3) is 31.7 Å². The summed E-state index contributed by atoms with van der Waals surface area (Å²) in [6, 6.07) is 10.5. The lowest BCUT2D eigenvalue weighted by molar-refractivity contribution is -0.0394. The van der Waals surface area contributed by atoms with Crippen molar-refractivity contribution in [3.8, 4) is 11.3 Å². The average Bonchev–Trinajstić information content (AvgIpc) is 3.12. The Morgan fingerprint density at radius 3 is 2.71 bits per heavy atom. The highest BCUT2D eigenvalue weighted by molar-refractivity contribution is 7.99. The molecular formula is C25H27N3OS2. The van der Waals surface area contributed by atoms with Crippen LogP contribution in [0.2, 0.25) is 0 Å². The number of benzene rings is 1. The summed E-state index contributed by atoms with van der Waals surface area (Å²) < 4.78 is 7.38. The number of hydrogen-bond acceptors (Lipinski definition) is 6. The Morgan fingerprint density at radius 2 is 1.94 bits per heavy atom. The molecule has 31 heavy (non-hydrogen) atoms. The summed E-state index contributed by atoms with van der Waals surface area (Å²) in [6.07, 6.45) is 3.75. The molecule has 0 unspecified atom stereocenters. The fraction of sp³-hybridized carbons (Fsp3) is 0.400. The van der Waals surface area contributed by atoms with Gasteiger partial charge in [-0.3, -0.25) is 0 Å². The van der Waals surface area contributed by atoms with Crippen LogP contribution in [0.4, 0.5) is 0 Å². The van der Waals surface area contributed by atoms with Gasteiger partial charge in [0.25, 0.3) is 0 Å². The summed E-state index contributed by atoms with van der Waals surface area (Å²) >= 11 is 3.57. The van der Waals surface area contributed by atoms with Crippen LogP contribution < -0.4 is 0 Å². The Bertz CT molecular complexity index is 1250. The number of rotatable bonds is 5. The predicted octanol–water partition coefficient (Wildman–Crippen LogP) is 6.90. The maximum absolute atomic E-state index is 6.22. The van der Waals surface area contributed by atoms with E-state index in [2.05, 4.69) is 56.9 Å². The fourth-order valence-corrected chi connectivity index (χ4v) is 6.59. The first kappa shape index (κ1) is 20.9. The van der Waals surface area contributed by atoms with E-state index in [1.165, 1.54) is 22.9 Å². The van der Waals surface area contributed by atoms with Crippen molar-refractivity contribution in [3.05, 3.63) is 47.8 Å². The van der Waals surface area contributed by atoms with Crippen LogP contribution in [0.15, 0.2) is 41.7 Å². The van der Waals surface area contributed by atoms with Gasteiger partial charge in [0.1, 0.15) is 16.2 Å². The third kappa shape index (κ3) is 3.97. The van der Waals surface area contributed by atoms with E-state index in [1.807, 2.05) is 17.8 Å². The van der Waals surface area contributed by atoms with Crippen molar-refractivity contribution < 1.29 is 4.74 Å². The number of thioether (sulfide) groups is 1. The molecule has 0 radical (unpaired) electrons. The van der Waals surface area contributed by atoms with Crippen molar-refractivity contribution in [2.24, 2.45) is 5.92 Å². The van der Waals surface area contributed by atoms with Crippen molar-refractivity contribution >= 4 is 43.5 Å². The summed E-state index contributed by atoms with van der Waals surface area (Å²) in [5, 5.41) is 2.27. The normalized spacial score (nSPS) is 15.6. The maximum Gasteiger partial charge on any atom is 0.127 e. The quantitative estimate of drug-likeness (QED) is 0.245. The van der Waals surface area contributed by atoms with Crippen molar-refractivity contribution in [2.45, 2.75) is 57.8 Å². The molecule has 160 valence electrons. The summed E-state index contributed by atoms with van der Waals surface area (Å²) in [7, 11) is 0. The Hall–Kier alpha value is -2.02. The minimum absolute atomic E-state index is 0.203. The molecule has 0 atom stereocenters. The van der Waals surface area contributed by atoms with E-state index in [0.717, 1.165) is 43.5 Å². The van der Waals surface area contributed by atoms with E-state index in [4.69, 9.17) is 14.7 Å². The molecule has 1 aliphatic heterocycles. The van der Waals surface area contributed by atoms with E-state index in [9.17, 15) is 0 Å². The smallest absolute Gasteiger partial charge is 0.127 e. The lowest BCUT2D eigenvalue weighted by Crippen LogP contribution is -2.32. The summed E-state index contributed by atoms with van der Waals surface area (Å²) in [4.78, 5) is 15.6. The highest BCUT2D eigenvalue weighted by Crippen LogP contribution is 2.44. The van der Waals surface area contributed by atoms with E-state index in [1.54, 1.807) is 17.7 Å². The van der Waals surface area contributed by atoms with Gasteiger partial charge in [-0.2, -0.15) is 0 Å². The summed E-state index contributed by atoms with van der Waals surface area (Å²) in [5.74, 6) is 1.76. The van der Waals surface area contributed by atoms with Crippen LogP contribution in [0.1, 0.15) is 45.2 Å². The molecule has 0 aliphatic carbocycles. The third-order valence-corrected chi connectivity index (χ3v) is 8.01. The molecule has 0 saturated heterocycles. The second-order valence-electron chi connectivity index (χ2n) is 9.18. The van der Waals surface area contributed by atoms with Crippen LogP contribution in [0.3, 0.4) is 0 Å². The van der Waals surface area contributed by atoms with Gasteiger partial charge in [0.2, 0.25) is 0 Å². The Morgan fingerprint density at radius 1 is 1.13 bits per heavy atom. The summed E-state index contributed by atoms with van der Waals surface area (Å²) in [5.41, 5.74) is 5.55. The molecule has 0 fully saturated rings. The minimum Gasteiger partial charge on any atom is -0.370 e. The van der Waals surface area contributed by atoms with Gasteiger partial charge in [0, 0.05) is 22.9 Å². The fourth-order valence-electron chi connectivity index (χ4n) is 4.11. The molecule has 0 N–H and O–H groups in total. The lowest BCUT2D eigenvalue weighted by Gasteiger charge is -2.33. The Kier molecular flexibility index (Phi) is 5.49. The topological polar surface area (TPSA) is 47.9 Å². The van der Waals surface area contributed by atoms with Gasteiger partial charge >= 0.3 is 0 Å². The molecule has 0 saturated carbocycles. The van der Waals surface area contributed by atoms with Crippen LogP contribution in [0, 0.1) is 5.92 Å². The van der Waals surface area contributed by atoms with Crippen molar-refractivity contribution in [1.82, 2.24) is 15.0 Å². The molecule has 4 nitrogen and oxygen atoms in total. The zero-order chi connectivity index (χ0) is 21.6. The van der Waals surface area contributed by atoms with Gasteiger partial charge < -0.3 is 4.74 Å². The van der Waals surface area contributed by atoms with Crippen molar-refractivity contribution in [1.29, 1.82) is 0 Å². The highest BCUT2D eigenvalue weighted by Gasteiger charge is 2.32. The molecule has 1 aliphatic rings. The van der Waals surface area contributed by atoms with Gasteiger partial charge in [0.15, 0.2) is 0 Å². The van der Waals surface area contributed by atoms with Gasteiger partial charge in [-0.25, -0.2) is 15.0 Å². The van der Waals surface area contributed by atoms with E-state index in [0.29, 0.717) is 12.5 Å².